The zero-order chi connectivity index (χ0) is 23.9. The van der Waals surface area contributed by atoms with E-state index < -0.39 is 0 Å². The van der Waals surface area contributed by atoms with E-state index in [1.54, 1.807) is 13.2 Å². The van der Waals surface area contributed by atoms with Gasteiger partial charge in [-0.05, 0) is 98.1 Å². The first kappa shape index (κ1) is 24.7. The minimum absolute atomic E-state index is 0.0225. The van der Waals surface area contributed by atoms with E-state index in [1.807, 2.05) is 30.3 Å². The van der Waals surface area contributed by atoms with Crippen LogP contribution in [0.3, 0.4) is 0 Å². The molecule has 2 aliphatic rings. The Labute approximate surface area is 204 Å². The van der Waals surface area contributed by atoms with Gasteiger partial charge in [0.1, 0.15) is 5.75 Å². The highest BCUT2D eigenvalue weighted by Crippen LogP contribution is 2.49. The number of rotatable bonds is 10. The molecule has 4 nitrogen and oxygen atoms in total. The van der Waals surface area contributed by atoms with Gasteiger partial charge in [-0.25, -0.2) is 0 Å². The average Bonchev–Trinajstić information content (AvgIpc) is 2.82. The van der Waals surface area contributed by atoms with E-state index in [0.29, 0.717) is 19.1 Å². The minimum Gasteiger partial charge on any atom is -0.467 e. The SMILES string of the molecule is COCCOCOc1ccc(C(=O)/C=C/c2ccc(C)cc2)cc1C1CC2CC(C)CC(C2)C1. The summed E-state index contributed by atoms with van der Waals surface area (Å²) in [5, 5.41) is 0. The smallest absolute Gasteiger partial charge is 0.189 e. The molecule has 4 rings (SSSR count). The van der Waals surface area contributed by atoms with Gasteiger partial charge in [0.2, 0.25) is 0 Å². The predicted molar refractivity (Wildman–Crippen MR) is 136 cm³/mol. The topological polar surface area (TPSA) is 44.8 Å². The zero-order valence-electron chi connectivity index (χ0n) is 20.8. The molecular formula is C30H38O4. The maximum Gasteiger partial charge on any atom is 0.189 e. The van der Waals surface area contributed by atoms with Crippen LogP contribution in [0, 0.1) is 24.7 Å². The summed E-state index contributed by atoms with van der Waals surface area (Å²) >= 11 is 0. The number of ether oxygens (including phenoxy) is 3. The first-order valence-electron chi connectivity index (χ1n) is 12.6. The van der Waals surface area contributed by atoms with Gasteiger partial charge in [0.15, 0.2) is 12.6 Å². The summed E-state index contributed by atoms with van der Waals surface area (Å²) in [5.74, 6) is 3.68. The van der Waals surface area contributed by atoms with Gasteiger partial charge in [-0.15, -0.1) is 0 Å². The lowest BCUT2D eigenvalue weighted by Crippen LogP contribution is -2.29. The summed E-state index contributed by atoms with van der Waals surface area (Å²) in [5.41, 5.74) is 4.12. The minimum atomic E-state index is 0.0225. The maximum absolute atomic E-state index is 13.0. The van der Waals surface area contributed by atoms with Crippen LogP contribution in [0.1, 0.15) is 72.0 Å². The van der Waals surface area contributed by atoms with E-state index >= 15 is 0 Å². The molecule has 2 atom stereocenters. The first-order chi connectivity index (χ1) is 16.5. The molecule has 2 aromatic carbocycles. The van der Waals surface area contributed by atoms with Gasteiger partial charge in [-0.2, -0.15) is 0 Å². The van der Waals surface area contributed by atoms with E-state index in [9.17, 15) is 4.79 Å². The van der Waals surface area contributed by atoms with E-state index in [-0.39, 0.29) is 12.6 Å². The monoisotopic (exact) mass is 462 g/mol. The normalized spacial score (nSPS) is 24.3. The van der Waals surface area contributed by atoms with Crippen molar-refractivity contribution < 1.29 is 19.0 Å². The lowest BCUT2D eigenvalue weighted by Gasteiger charge is -2.42. The molecule has 0 spiro atoms. The number of methoxy groups -OCH3 is 1. The fourth-order valence-electron chi connectivity index (χ4n) is 5.84. The van der Waals surface area contributed by atoms with Crippen LogP contribution in [0.4, 0.5) is 0 Å². The summed E-state index contributed by atoms with van der Waals surface area (Å²) < 4.78 is 16.6. The van der Waals surface area contributed by atoms with Gasteiger partial charge in [-0.1, -0.05) is 42.8 Å². The summed E-state index contributed by atoms with van der Waals surface area (Å²) in [6, 6.07) is 14.1. The molecule has 2 bridgehead atoms. The quantitative estimate of drug-likeness (QED) is 0.168. The molecule has 2 saturated carbocycles. The second-order valence-corrected chi connectivity index (χ2v) is 10.2. The number of carbonyl (C=O) groups excluding carboxylic acids is 1. The van der Waals surface area contributed by atoms with Gasteiger partial charge in [-0.3, -0.25) is 4.79 Å². The third-order valence-electron chi connectivity index (χ3n) is 7.34. The lowest BCUT2D eigenvalue weighted by atomic mass is 9.63. The summed E-state index contributed by atoms with van der Waals surface area (Å²) in [4.78, 5) is 13.0. The Morgan fingerprint density at radius 2 is 1.71 bits per heavy atom. The molecular weight excluding hydrogens is 424 g/mol. The molecule has 4 heteroatoms. The summed E-state index contributed by atoms with van der Waals surface area (Å²) in [6.45, 7) is 5.68. The lowest BCUT2D eigenvalue weighted by molar-refractivity contribution is -0.00930. The van der Waals surface area contributed by atoms with E-state index in [0.717, 1.165) is 40.2 Å². The Hall–Kier alpha value is -2.43. The first-order valence-corrected chi connectivity index (χ1v) is 12.6. The van der Waals surface area contributed by atoms with Crippen LogP contribution >= 0.6 is 0 Å². The number of benzene rings is 2. The Kier molecular flexibility index (Phi) is 8.58. The third-order valence-corrected chi connectivity index (χ3v) is 7.34. The second kappa shape index (κ2) is 11.8. The van der Waals surface area contributed by atoms with Crippen molar-refractivity contribution in [3.05, 3.63) is 70.8 Å². The van der Waals surface area contributed by atoms with E-state index in [2.05, 4.69) is 32.0 Å². The van der Waals surface area contributed by atoms with Gasteiger partial charge in [0.05, 0.1) is 13.2 Å². The van der Waals surface area contributed by atoms with Crippen LogP contribution < -0.4 is 4.74 Å². The van der Waals surface area contributed by atoms with Crippen molar-refractivity contribution in [1.29, 1.82) is 0 Å². The summed E-state index contributed by atoms with van der Waals surface area (Å²) in [7, 11) is 1.66. The number of aryl methyl sites for hydroxylation is 1. The molecule has 0 heterocycles. The number of ketones is 1. The molecule has 0 aliphatic heterocycles. The number of hydrogen-bond donors (Lipinski definition) is 0. The number of allylic oxidation sites excluding steroid dienone is 1. The summed E-state index contributed by atoms with van der Waals surface area (Å²) in [6.07, 6.45) is 9.92. The molecule has 2 fully saturated rings. The Balaban J connectivity index is 1.52. The Bertz CT molecular complexity index is 960. The van der Waals surface area contributed by atoms with E-state index in [1.165, 1.54) is 37.7 Å². The van der Waals surface area contributed by atoms with Crippen molar-refractivity contribution in [3.63, 3.8) is 0 Å². The molecule has 182 valence electrons. The van der Waals surface area contributed by atoms with E-state index in [4.69, 9.17) is 14.2 Å². The van der Waals surface area contributed by atoms with Gasteiger partial charge in [0, 0.05) is 12.7 Å². The van der Waals surface area contributed by atoms with Crippen molar-refractivity contribution in [3.8, 4) is 5.75 Å². The Morgan fingerprint density at radius 3 is 2.41 bits per heavy atom. The predicted octanol–water partition coefficient (Wildman–Crippen LogP) is 6.82. The second-order valence-electron chi connectivity index (χ2n) is 10.2. The molecule has 2 aliphatic carbocycles. The Morgan fingerprint density at radius 1 is 0.971 bits per heavy atom. The highest BCUT2D eigenvalue weighted by Gasteiger charge is 2.36. The number of hydrogen-bond acceptors (Lipinski definition) is 4. The fraction of sp³-hybridized carbons (Fsp3) is 0.500. The fourth-order valence-corrected chi connectivity index (χ4v) is 5.84. The maximum atomic E-state index is 13.0. The van der Waals surface area contributed by atoms with Gasteiger partial charge >= 0.3 is 0 Å². The molecule has 0 aromatic heterocycles. The molecule has 0 radical (unpaired) electrons. The van der Waals surface area contributed by atoms with Crippen LogP contribution in [0.2, 0.25) is 0 Å². The van der Waals surface area contributed by atoms with Gasteiger partial charge < -0.3 is 14.2 Å². The molecule has 2 unspecified atom stereocenters. The van der Waals surface area contributed by atoms with Crippen molar-refractivity contribution in [2.75, 3.05) is 27.1 Å². The highest BCUT2D eigenvalue weighted by atomic mass is 16.7. The highest BCUT2D eigenvalue weighted by molar-refractivity contribution is 6.07. The average molecular weight is 463 g/mol. The van der Waals surface area contributed by atoms with Crippen LogP contribution in [0.25, 0.3) is 6.08 Å². The molecule has 34 heavy (non-hydrogen) atoms. The standard InChI is InChI=1S/C30H38O4/c1-21-4-6-23(7-5-21)8-10-29(31)26-9-11-30(34-20-33-13-12-32-3)28(19-26)27-17-24-14-22(2)15-25(16-24)18-27/h4-11,19,22,24-25,27H,12-18,20H2,1-3H3/b10-8+. The van der Waals surface area contributed by atoms with Crippen molar-refractivity contribution >= 4 is 11.9 Å². The molecule has 0 N–H and O–H groups in total. The van der Waals surface area contributed by atoms with Crippen LogP contribution in [0.15, 0.2) is 48.5 Å². The third kappa shape index (κ3) is 6.58. The van der Waals surface area contributed by atoms with Crippen LogP contribution in [-0.4, -0.2) is 32.9 Å². The van der Waals surface area contributed by atoms with Crippen LogP contribution in [-0.2, 0) is 9.47 Å². The van der Waals surface area contributed by atoms with Crippen molar-refractivity contribution in [2.24, 2.45) is 17.8 Å². The molecule has 0 saturated heterocycles. The molecule has 2 aromatic rings. The number of carbonyl (C=O) groups is 1. The van der Waals surface area contributed by atoms with Crippen molar-refractivity contribution in [1.82, 2.24) is 0 Å². The van der Waals surface area contributed by atoms with Crippen molar-refractivity contribution in [2.45, 2.75) is 51.9 Å². The number of fused-ring (bicyclic) bond motifs is 2. The van der Waals surface area contributed by atoms with Crippen LogP contribution in [0.5, 0.6) is 5.75 Å². The largest absolute Gasteiger partial charge is 0.467 e. The van der Waals surface area contributed by atoms with Gasteiger partial charge in [0.25, 0.3) is 0 Å². The molecule has 0 amide bonds. The zero-order valence-corrected chi connectivity index (χ0v) is 20.8.